The minimum atomic E-state index is -0.766. The van der Waals surface area contributed by atoms with Crippen molar-refractivity contribution in [1.29, 1.82) is 0 Å². The third-order valence-corrected chi connectivity index (χ3v) is 4.92. The number of aromatic hydroxyl groups is 3. The maximum absolute atomic E-state index is 14.3. The van der Waals surface area contributed by atoms with Crippen LogP contribution >= 0.6 is 0 Å². The zero-order chi connectivity index (χ0) is 19.8. The Balaban J connectivity index is 1.77. The van der Waals surface area contributed by atoms with Crippen LogP contribution in [0.15, 0.2) is 29.1 Å². The second kappa shape index (κ2) is 7.01. The Morgan fingerprint density at radius 2 is 1.86 bits per heavy atom. The first kappa shape index (κ1) is 18.1. The van der Waals surface area contributed by atoms with Crippen LogP contribution < -0.4 is 15.8 Å². The topological polar surface area (TPSA) is 122 Å². The Labute approximate surface area is 158 Å². The molecule has 3 aromatic rings. The number of aromatic amines is 1. The lowest BCUT2D eigenvalue weighted by Gasteiger charge is -2.30. The van der Waals surface area contributed by atoms with Gasteiger partial charge in [-0.25, -0.2) is 9.49 Å². The number of phenols is 3. The molecule has 0 spiro atoms. The van der Waals surface area contributed by atoms with Crippen LogP contribution in [0.4, 0.5) is 10.1 Å². The number of nitrogens with zero attached hydrogens (tertiary/aromatic N) is 2. The number of benzene rings is 2. The summed E-state index contributed by atoms with van der Waals surface area (Å²) in [5, 5.41) is 39.1. The Morgan fingerprint density at radius 1 is 1.11 bits per heavy atom. The van der Waals surface area contributed by atoms with Crippen LogP contribution in [0.2, 0.25) is 0 Å². The van der Waals surface area contributed by atoms with Crippen molar-refractivity contribution in [3.8, 4) is 17.2 Å². The fraction of sp³-hybridized carbons (Fsp3) is 0.263. The third kappa shape index (κ3) is 3.09. The van der Waals surface area contributed by atoms with Gasteiger partial charge >= 0.3 is 0 Å². The van der Waals surface area contributed by atoms with E-state index in [1.165, 1.54) is 12.1 Å². The highest BCUT2D eigenvalue weighted by Crippen LogP contribution is 2.40. The van der Waals surface area contributed by atoms with Crippen molar-refractivity contribution in [3.63, 3.8) is 0 Å². The van der Waals surface area contributed by atoms with E-state index < -0.39 is 22.8 Å². The molecule has 4 rings (SSSR count). The number of piperazine rings is 1. The van der Waals surface area contributed by atoms with E-state index in [0.29, 0.717) is 24.5 Å². The number of hydrogen-bond acceptors (Lipinski definition) is 7. The minimum absolute atomic E-state index is 0.162. The van der Waals surface area contributed by atoms with Gasteiger partial charge in [-0.15, -0.1) is 0 Å². The molecule has 0 aliphatic carbocycles. The quantitative estimate of drug-likeness (QED) is 0.429. The third-order valence-electron chi connectivity index (χ3n) is 4.92. The van der Waals surface area contributed by atoms with E-state index in [4.69, 9.17) is 0 Å². The molecule has 146 valence electrons. The van der Waals surface area contributed by atoms with Gasteiger partial charge in [0, 0.05) is 38.0 Å². The first-order valence-corrected chi connectivity index (χ1v) is 8.85. The Bertz CT molecular complexity index is 1110. The lowest BCUT2D eigenvalue weighted by atomic mass is 10.0. The van der Waals surface area contributed by atoms with E-state index >= 15 is 0 Å². The molecule has 0 atom stereocenters. The number of halogens is 1. The lowest BCUT2D eigenvalue weighted by molar-refractivity contribution is 0.371. The van der Waals surface area contributed by atoms with Gasteiger partial charge in [0.15, 0.2) is 11.5 Å². The molecule has 28 heavy (non-hydrogen) atoms. The number of aromatic nitrogens is 2. The molecule has 0 bridgehead atoms. The second-order valence-electron chi connectivity index (χ2n) is 6.71. The largest absolute Gasteiger partial charge is 0.504 e. The van der Waals surface area contributed by atoms with E-state index in [2.05, 4.69) is 15.5 Å². The van der Waals surface area contributed by atoms with Gasteiger partial charge in [-0.2, -0.15) is 5.10 Å². The molecule has 1 fully saturated rings. The van der Waals surface area contributed by atoms with Gasteiger partial charge in [0.2, 0.25) is 5.75 Å². The molecule has 0 radical (unpaired) electrons. The highest BCUT2D eigenvalue weighted by Gasteiger charge is 2.19. The molecular weight excluding hydrogens is 367 g/mol. The number of fused-ring (bicyclic) bond motifs is 1. The summed E-state index contributed by atoms with van der Waals surface area (Å²) in [6.45, 7) is 2.94. The van der Waals surface area contributed by atoms with Crippen LogP contribution in [0.5, 0.6) is 17.2 Å². The molecule has 1 aliphatic heterocycles. The number of rotatable bonds is 3. The van der Waals surface area contributed by atoms with Gasteiger partial charge in [-0.05, 0) is 23.8 Å². The zero-order valence-corrected chi connectivity index (χ0v) is 14.9. The van der Waals surface area contributed by atoms with Crippen molar-refractivity contribution >= 4 is 16.5 Å². The molecule has 2 aromatic carbocycles. The van der Waals surface area contributed by atoms with Crippen molar-refractivity contribution in [2.24, 2.45) is 0 Å². The molecule has 1 aromatic heterocycles. The average Bonchev–Trinajstić information content (AvgIpc) is 2.70. The number of nitrogens with one attached hydrogen (secondary N) is 2. The van der Waals surface area contributed by atoms with Crippen molar-refractivity contribution < 1.29 is 19.7 Å². The van der Waals surface area contributed by atoms with E-state index in [1.807, 2.05) is 4.90 Å². The van der Waals surface area contributed by atoms with Crippen molar-refractivity contribution in [2.75, 3.05) is 31.1 Å². The van der Waals surface area contributed by atoms with Gasteiger partial charge in [0.05, 0.1) is 16.8 Å². The molecule has 5 N–H and O–H groups in total. The standard InChI is InChI=1S/C19H19FN4O4/c20-12-2-1-10(8-14(12)24-5-3-21-4-6-24)7-13-11-9-15(25)17(26)18(27)16(11)19(28)23-22-13/h1-2,8-9,21,25-27H,3-7H2,(H,23,28). The van der Waals surface area contributed by atoms with Gasteiger partial charge in [-0.3, -0.25) is 4.79 Å². The molecule has 0 amide bonds. The maximum Gasteiger partial charge on any atom is 0.275 e. The molecule has 0 saturated carbocycles. The van der Waals surface area contributed by atoms with Crippen molar-refractivity contribution in [1.82, 2.24) is 15.5 Å². The predicted molar refractivity (Wildman–Crippen MR) is 102 cm³/mol. The van der Waals surface area contributed by atoms with E-state index in [1.54, 1.807) is 12.1 Å². The average molecular weight is 386 g/mol. The van der Waals surface area contributed by atoms with Crippen molar-refractivity contribution in [3.05, 3.63) is 51.7 Å². The van der Waals surface area contributed by atoms with Gasteiger partial charge in [-0.1, -0.05) is 6.07 Å². The van der Waals surface area contributed by atoms with Crippen LogP contribution in [0.3, 0.4) is 0 Å². The Morgan fingerprint density at radius 3 is 2.61 bits per heavy atom. The fourth-order valence-corrected chi connectivity index (χ4v) is 3.48. The lowest BCUT2D eigenvalue weighted by Crippen LogP contribution is -2.43. The van der Waals surface area contributed by atoms with E-state index in [9.17, 15) is 24.5 Å². The van der Waals surface area contributed by atoms with E-state index in [-0.39, 0.29) is 23.0 Å². The van der Waals surface area contributed by atoms with Crippen LogP contribution in [-0.4, -0.2) is 51.7 Å². The Kier molecular flexibility index (Phi) is 4.52. The smallest absolute Gasteiger partial charge is 0.275 e. The van der Waals surface area contributed by atoms with Crippen molar-refractivity contribution in [2.45, 2.75) is 6.42 Å². The summed E-state index contributed by atoms with van der Waals surface area (Å²) in [6, 6.07) is 5.93. The zero-order valence-electron chi connectivity index (χ0n) is 14.9. The van der Waals surface area contributed by atoms with Crippen LogP contribution in [0, 0.1) is 5.82 Å². The number of hydrogen-bond donors (Lipinski definition) is 5. The van der Waals surface area contributed by atoms with Gasteiger partial charge < -0.3 is 25.5 Å². The summed E-state index contributed by atoms with van der Waals surface area (Å²) >= 11 is 0. The van der Waals surface area contributed by atoms with Gasteiger partial charge in [0.25, 0.3) is 5.56 Å². The summed E-state index contributed by atoms with van der Waals surface area (Å²) in [7, 11) is 0. The fourth-order valence-electron chi connectivity index (χ4n) is 3.48. The maximum atomic E-state index is 14.3. The van der Waals surface area contributed by atoms with Crippen LogP contribution in [0.1, 0.15) is 11.3 Å². The Hall–Kier alpha value is -3.33. The van der Waals surface area contributed by atoms with E-state index in [0.717, 1.165) is 18.7 Å². The summed E-state index contributed by atoms with van der Waals surface area (Å²) < 4.78 is 14.3. The second-order valence-corrected chi connectivity index (χ2v) is 6.71. The molecule has 8 nitrogen and oxygen atoms in total. The highest BCUT2D eigenvalue weighted by atomic mass is 19.1. The first-order chi connectivity index (χ1) is 13.5. The normalized spacial score (nSPS) is 14.5. The molecular formula is C19H19FN4O4. The summed E-state index contributed by atoms with van der Waals surface area (Å²) in [5.74, 6) is -2.34. The highest BCUT2D eigenvalue weighted by molar-refractivity contribution is 5.93. The summed E-state index contributed by atoms with van der Waals surface area (Å²) in [5.41, 5.74) is 0.934. The monoisotopic (exact) mass is 386 g/mol. The number of anilines is 1. The number of H-pyrrole nitrogens is 1. The molecule has 1 aliphatic rings. The predicted octanol–water partition coefficient (Wildman–Crippen LogP) is 1.18. The molecule has 1 saturated heterocycles. The molecule has 2 heterocycles. The molecule has 0 unspecified atom stereocenters. The minimum Gasteiger partial charge on any atom is -0.504 e. The first-order valence-electron chi connectivity index (χ1n) is 8.85. The van der Waals surface area contributed by atoms with Crippen LogP contribution in [-0.2, 0) is 6.42 Å². The molecule has 9 heteroatoms. The SMILES string of the molecule is O=c1[nH]nc(Cc2ccc(F)c(N3CCNCC3)c2)c2cc(O)c(O)c(O)c12. The van der Waals surface area contributed by atoms with Gasteiger partial charge in [0.1, 0.15) is 5.82 Å². The van der Waals surface area contributed by atoms with Crippen LogP contribution in [0.25, 0.3) is 10.8 Å². The number of phenolic OH excluding ortho intramolecular Hbond substituents is 3. The summed E-state index contributed by atoms with van der Waals surface area (Å²) in [4.78, 5) is 14.0. The summed E-state index contributed by atoms with van der Waals surface area (Å²) in [6.07, 6.45) is 0.232.